The van der Waals surface area contributed by atoms with Gasteiger partial charge in [0, 0.05) is 0 Å². The summed E-state index contributed by atoms with van der Waals surface area (Å²) in [6.45, 7) is 4.36. The van der Waals surface area contributed by atoms with E-state index in [4.69, 9.17) is 5.14 Å². The third kappa shape index (κ3) is 6.49. The lowest BCUT2D eigenvalue weighted by Gasteiger charge is -1.90. The van der Waals surface area contributed by atoms with Crippen LogP contribution in [0.3, 0.4) is 0 Å². The van der Waals surface area contributed by atoms with Crippen LogP contribution in [0.4, 0.5) is 0 Å². The average Bonchev–Trinajstić information content (AvgIpc) is 2.19. The summed E-state index contributed by atoms with van der Waals surface area (Å²) >= 11 is 0. The molecule has 1 aromatic rings. The summed E-state index contributed by atoms with van der Waals surface area (Å²) in [5.74, 6) is 0. The molecular formula is C10H17NOS. The van der Waals surface area contributed by atoms with Crippen LogP contribution in [0.25, 0.3) is 0 Å². The first kappa shape index (κ1) is 12.3. The topological polar surface area (TPSA) is 43.1 Å². The van der Waals surface area contributed by atoms with E-state index >= 15 is 0 Å². The first-order chi connectivity index (χ1) is 6.22. The van der Waals surface area contributed by atoms with Gasteiger partial charge in [-0.25, -0.2) is 9.35 Å². The van der Waals surface area contributed by atoms with E-state index in [1.54, 1.807) is 24.3 Å². The zero-order valence-corrected chi connectivity index (χ0v) is 9.01. The number of unbranched alkanes of at least 4 members (excludes halogenated alkanes) is 1. The van der Waals surface area contributed by atoms with Gasteiger partial charge in [0.05, 0.1) is 4.90 Å². The van der Waals surface area contributed by atoms with Crippen molar-refractivity contribution >= 4 is 11.0 Å². The van der Waals surface area contributed by atoms with Crippen LogP contribution in [0.5, 0.6) is 0 Å². The molecule has 0 fully saturated rings. The third-order valence-corrected chi connectivity index (χ3v) is 2.21. The van der Waals surface area contributed by atoms with Crippen LogP contribution in [0, 0.1) is 0 Å². The van der Waals surface area contributed by atoms with Crippen molar-refractivity contribution in [1.82, 2.24) is 0 Å². The first-order valence-electron chi connectivity index (χ1n) is 4.43. The molecule has 0 aliphatic carbocycles. The van der Waals surface area contributed by atoms with Crippen LogP contribution < -0.4 is 5.14 Å². The summed E-state index contributed by atoms with van der Waals surface area (Å²) in [4.78, 5) is 0.664. The molecule has 0 bridgehead atoms. The van der Waals surface area contributed by atoms with Gasteiger partial charge in [-0.15, -0.1) is 0 Å². The highest BCUT2D eigenvalue weighted by molar-refractivity contribution is 7.82. The van der Waals surface area contributed by atoms with Gasteiger partial charge in [0.15, 0.2) is 0 Å². The number of rotatable bonds is 2. The molecule has 0 radical (unpaired) electrons. The van der Waals surface area contributed by atoms with Gasteiger partial charge in [0.25, 0.3) is 0 Å². The molecule has 0 saturated carbocycles. The SMILES string of the molecule is CCCC.NS(=O)c1ccccc1. The minimum absolute atomic E-state index is 0.664. The maximum absolute atomic E-state index is 10.5. The van der Waals surface area contributed by atoms with Gasteiger partial charge in [-0.05, 0) is 12.1 Å². The monoisotopic (exact) mass is 199 g/mol. The quantitative estimate of drug-likeness (QED) is 0.781. The van der Waals surface area contributed by atoms with E-state index < -0.39 is 11.0 Å². The molecule has 2 nitrogen and oxygen atoms in total. The van der Waals surface area contributed by atoms with Gasteiger partial charge >= 0.3 is 0 Å². The maximum atomic E-state index is 10.5. The lowest BCUT2D eigenvalue weighted by molar-refractivity contribution is 0.684. The summed E-state index contributed by atoms with van der Waals surface area (Å²) in [6, 6.07) is 8.93. The van der Waals surface area contributed by atoms with Crippen molar-refractivity contribution in [3.63, 3.8) is 0 Å². The number of hydrogen-bond donors (Lipinski definition) is 1. The van der Waals surface area contributed by atoms with Crippen molar-refractivity contribution in [3.8, 4) is 0 Å². The van der Waals surface area contributed by atoms with Gasteiger partial charge in [-0.2, -0.15) is 0 Å². The van der Waals surface area contributed by atoms with E-state index in [2.05, 4.69) is 13.8 Å². The van der Waals surface area contributed by atoms with Gasteiger partial charge in [-0.1, -0.05) is 44.9 Å². The van der Waals surface area contributed by atoms with Crippen LogP contribution in [-0.4, -0.2) is 4.21 Å². The molecule has 0 saturated heterocycles. The van der Waals surface area contributed by atoms with E-state index in [1.807, 2.05) is 6.07 Å². The van der Waals surface area contributed by atoms with E-state index in [-0.39, 0.29) is 0 Å². The predicted molar refractivity (Wildman–Crippen MR) is 57.6 cm³/mol. The molecule has 0 heterocycles. The smallest absolute Gasteiger partial charge is 0.122 e. The highest BCUT2D eigenvalue weighted by Crippen LogP contribution is 1.99. The summed E-state index contributed by atoms with van der Waals surface area (Å²) in [7, 11) is -1.33. The number of nitrogens with two attached hydrogens (primary N) is 1. The molecular weight excluding hydrogens is 182 g/mol. The minimum Gasteiger partial charge on any atom is -0.248 e. The highest BCUT2D eigenvalue weighted by Gasteiger charge is 1.91. The Labute approximate surface area is 82.7 Å². The van der Waals surface area contributed by atoms with Crippen molar-refractivity contribution in [2.45, 2.75) is 31.6 Å². The lowest BCUT2D eigenvalue weighted by Crippen LogP contribution is -2.01. The molecule has 74 valence electrons. The van der Waals surface area contributed by atoms with Crippen LogP contribution in [-0.2, 0) is 11.0 Å². The Kier molecular flexibility index (Phi) is 7.54. The zero-order valence-electron chi connectivity index (χ0n) is 8.19. The van der Waals surface area contributed by atoms with E-state index in [0.29, 0.717) is 4.90 Å². The Morgan fingerprint density at radius 1 is 1.15 bits per heavy atom. The second kappa shape index (κ2) is 7.95. The van der Waals surface area contributed by atoms with Crippen LogP contribution in [0.2, 0.25) is 0 Å². The molecule has 1 unspecified atom stereocenters. The largest absolute Gasteiger partial charge is 0.248 e. The molecule has 2 N–H and O–H groups in total. The Hall–Kier alpha value is -0.670. The molecule has 0 amide bonds. The second-order valence-electron chi connectivity index (χ2n) is 2.61. The minimum atomic E-state index is -1.33. The fourth-order valence-electron chi connectivity index (χ4n) is 0.555. The molecule has 0 aromatic heterocycles. The normalized spacial score (nSPS) is 11.3. The maximum Gasteiger partial charge on any atom is 0.122 e. The van der Waals surface area contributed by atoms with Crippen molar-refractivity contribution < 1.29 is 4.21 Å². The Balaban J connectivity index is 0.000000310. The zero-order chi connectivity index (χ0) is 10.1. The average molecular weight is 199 g/mol. The van der Waals surface area contributed by atoms with Crippen molar-refractivity contribution in [3.05, 3.63) is 30.3 Å². The second-order valence-corrected chi connectivity index (χ2v) is 3.68. The molecule has 0 spiro atoms. The highest BCUT2D eigenvalue weighted by atomic mass is 32.2. The van der Waals surface area contributed by atoms with E-state index in [1.165, 1.54) is 12.8 Å². The molecule has 1 rings (SSSR count). The molecule has 1 atom stereocenters. The third-order valence-electron chi connectivity index (χ3n) is 1.48. The Bertz CT molecular complexity index is 234. The van der Waals surface area contributed by atoms with Crippen LogP contribution in [0.1, 0.15) is 26.7 Å². The van der Waals surface area contributed by atoms with Crippen molar-refractivity contribution in [2.24, 2.45) is 5.14 Å². The van der Waals surface area contributed by atoms with Gasteiger partial charge in [-0.3, -0.25) is 0 Å². The standard InChI is InChI=1S/C6H7NOS.C4H10/c7-9(8)6-4-2-1-3-5-6;1-3-4-2/h1-5H,7H2;3-4H2,1-2H3. The molecule has 0 aliphatic heterocycles. The van der Waals surface area contributed by atoms with Gasteiger partial charge in [0.1, 0.15) is 11.0 Å². The number of benzene rings is 1. The summed E-state index contributed by atoms with van der Waals surface area (Å²) in [5.41, 5.74) is 0. The fourth-order valence-corrected chi connectivity index (χ4v) is 0.980. The summed E-state index contributed by atoms with van der Waals surface area (Å²) in [5, 5.41) is 5.09. The fraction of sp³-hybridized carbons (Fsp3) is 0.400. The van der Waals surface area contributed by atoms with E-state index in [0.717, 1.165) is 0 Å². The van der Waals surface area contributed by atoms with E-state index in [9.17, 15) is 4.21 Å². The van der Waals surface area contributed by atoms with Crippen molar-refractivity contribution in [2.75, 3.05) is 0 Å². The van der Waals surface area contributed by atoms with Crippen molar-refractivity contribution in [1.29, 1.82) is 0 Å². The summed E-state index contributed by atoms with van der Waals surface area (Å²) < 4.78 is 10.5. The van der Waals surface area contributed by atoms with Gasteiger partial charge in [0.2, 0.25) is 0 Å². The van der Waals surface area contributed by atoms with Crippen LogP contribution in [0.15, 0.2) is 35.2 Å². The lowest BCUT2D eigenvalue weighted by atomic mass is 10.4. The Morgan fingerprint density at radius 3 is 1.85 bits per heavy atom. The molecule has 3 heteroatoms. The Morgan fingerprint density at radius 2 is 1.62 bits per heavy atom. The molecule has 0 aliphatic rings. The molecule has 1 aromatic carbocycles. The number of hydrogen-bond acceptors (Lipinski definition) is 1. The van der Waals surface area contributed by atoms with Crippen LogP contribution >= 0.6 is 0 Å². The summed E-state index contributed by atoms with van der Waals surface area (Å²) in [6.07, 6.45) is 2.64. The first-order valence-corrected chi connectivity index (χ1v) is 5.64. The molecule has 13 heavy (non-hydrogen) atoms. The predicted octanol–water partition coefficient (Wildman–Crippen LogP) is 2.47. The van der Waals surface area contributed by atoms with Gasteiger partial charge < -0.3 is 0 Å².